The van der Waals surface area contributed by atoms with Crippen LogP contribution >= 0.6 is 12.2 Å². The first-order valence-corrected chi connectivity index (χ1v) is 10.9. The summed E-state index contributed by atoms with van der Waals surface area (Å²) in [5.41, 5.74) is 2.60. The van der Waals surface area contributed by atoms with Gasteiger partial charge in [0.1, 0.15) is 38.5 Å². The van der Waals surface area contributed by atoms with Gasteiger partial charge in [0.25, 0.3) is 0 Å². The fourth-order valence-electron chi connectivity index (χ4n) is 4.29. The van der Waals surface area contributed by atoms with Gasteiger partial charge in [0.2, 0.25) is 4.77 Å². The van der Waals surface area contributed by atoms with E-state index in [2.05, 4.69) is 30.7 Å². The molecular formula is C21H33N5O2S+2. The molecule has 29 heavy (non-hydrogen) atoms. The van der Waals surface area contributed by atoms with E-state index in [0.29, 0.717) is 5.92 Å². The van der Waals surface area contributed by atoms with Crippen molar-refractivity contribution in [1.29, 1.82) is 0 Å². The Kier molecular flexibility index (Phi) is 5.94. The lowest BCUT2D eigenvalue weighted by Crippen LogP contribution is -3.27. The van der Waals surface area contributed by atoms with E-state index >= 15 is 0 Å². The van der Waals surface area contributed by atoms with Gasteiger partial charge in [-0.1, -0.05) is 0 Å². The molecule has 2 aromatic rings. The predicted octanol–water partition coefficient (Wildman–Crippen LogP) is 0.0952. The van der Waals surface area contributed by atoms with Gasteiger partial charge >= 0.3 is 0 Å². The Morgan fingerprint density at radius 2 is 1.69 bits per heavy atom. The molecule has 0 spiro atoms. The molecule has 2 aliphatic rings. The summed E-state index contributed by atoms with van der Waals surface area (Å²) in [6.07, 6.45) is 2.51. The Labute approximate surface area is 177 Å². The molecule has 1 saturated heterocycles. The minimum atomic E-state index is 0.629. The number of aryl methyl sites for hydroxylation is 1. The summed E-state index contributed by atoms with van der Waals surface area (Å²) in [6.45, 7) is 8.63. The summed E-state index contributed by atoms with van der Waals surface area (Å²) in [4.78, 5) is 3.18. The highest BCUT2D eigenvalue weighted by atomic mass is 32.1. The first-order chi connectivity index (χ1) is 14.0. The lowest BCUT2D eigenvalue weighted by Gasteiger charge is -2.30. The quantitative estimate of drug-likeness (QED) is 0.625. The van der Waals surface area contributed by atoms with Gasteiger partial charge in [-0.05, 0) is 49.7 Å². The van der Waals surface area contributed by atoms with Gasteiger partial charge in [0, 0.05) is 18.5 Å². The van der Waals surface area contributed by atoms with Crippen molar-refractivity contribution in [3.8, 4) is 11.5 Å². The van der Waals surface area contributed by atoms with E-state index in [9.17, 15) is 0 Å². The van der Waals surface area contributed by atoms with Crippen molar-refractivity contribution in [2.24, 2.45) is 7.05 Å². The van der Waals surface area contributed by atoms with Crippen molar-refractivity contribution in [3.05, 3.63) is 33.9 Å². The van der Waals surface area contributed by atoms with E-state index in [4.69, 9.17) is 26.8 Å². The first-order valence-electron chi connectivity index (χ1n) is 10.5. The lowest BCUT2D eigenvalue weighted by atomic mass is 10.1. The predicted molar refractivity (Wildman–Crippen MR) is 113 cm³/mol. The normalized spacial score (nSPS) is 21.9. The van der Waals surface area contributed by atoms with Crippen LogP contribution in [0.15, 0.2) is 12.1 Å². The smallest absolute Gasteiger partial charge is 0.202 e. The third-order valence-electron chi connectivity index (χ3n) is 6.34. The molecule has 1 aromatic carbocycles. The molecule has 2 N–H and O–H groups in total. The van der Waals surface area contributed by atoms with E-state index in [-0.39, 0.29) is 0 Å². The number of hydrogen-bond donors (Lipinski definition) is 2. The molecule has 7 nitrogen and oxygen atoms in total. The van der Waals surface area contributed by atoms with Crippen LogP contribution < -0.4 is 19.3 Å². The Morgan fingerprint density at radius 3 is 2.31 bits per heavy atom. The highest BCUT2D eigenvalue weighted by Gasteiger charge is 2.30. The monoisotopic (exact) mass is 419 g/mol. The molecule has 0 atom stereocenters. The van der Waals surface area contributed by atoms with Crippen LogP contribution in [-0.2, 0) is 20.3 Å². The minimum absolute atomic E-state index is 0.629. The van der Waals surface area contributed by atoms with Gasteiger partial charge < -0.3 is 23.8 Å². The Bertz CT molecular complexity index is 926. The maximum atomic E-state index is 5.62. The van der Waals surface area contributed by atoms with E-state index in [0.717, 1.165) is 55.7 Å². The van der Waals surface area contributed by atoms with Crippen LogP contribution in [0.2, 0.25) is 0 Å². The van der Waals surface area contributed by atoms with Gasteiger partial charge in [-0.2, -0.15) is 9.78 Å². The number of quaternary nitrogens is 2. The molecule has 0 unspecified atom stereocenters. The van der Waals surface area contributed by atoms with E-state index in [1.165, 1.54) is 29.8 Å². The van der Waals surface area contributed by atoms with Gasteiger partial charge in [0.05, 0.1) is 14.2 Å². The zero-order valence-electron chi connectivity index (χ0n) is 18.0. The van der Waals surface area contributed by atoms with Crippen LogP contribution in [0.1, 0.15) is 35.7 Å². The average molecular weight is 420 g/mol. The highest BCUT2D eigenvalue weighted by Crippen LogP contribution is 2.38. The van der Waals surface area contributed by atoms with Crippen LogP contribution in [0.25, 0.3) is 0 Å². The molecular weight excluding hydrogens is 386 g/mol. The van der Waals surface area contributed by atoms with Crippen molar-refractivity contribution >= 4 is 12.2 Å². The summed E-state index contributed by atoms with van der Waals surface area (Å²) < 4.78 is 15.9. The summed E-state index contributed by atoms with van der Waals surface area (Å²) in [6, 6.07) is 4.21. The molecule has 158 valence electrons. The number of methoxy groups -OCH3 is 2. The van der Waals surface area contributed by atoms with Crippen LogP contribution in [-0.4, -0.2) is 54.7 Å². The SMILES string of the molecule is COc1cc(C)c(C[NH+]2CC[NH+](Cn3nc(C4CC4)n(C)c3=S)CC2)cc1OC. The number of aromatic nitrogens is 3. The van der Waals surface area contributed by atoms with E-state index in [1.807, 2.05) is 4.68 Å². The first kappa shape index (κ1) is 20.4. The third-order valence-corrected chi connectivity index (χ3v) is 6.82. The van der Waals surface area contributed by atoms with Gasteiger partial charge in [-0.3, -0.25) is 0 Å². The number of benzene rings is 1. The Hall–Kier alpha value is -1.90. The van der Waals surface area contributed by atoms with Crippen LogP contribution in [0.5, 0.6) is 11.5 Å². The van der Waals surface area contributed by atoms with Crippen LogP contribution in [0.3, 0.4) is 0 Å². The molecule has 0 amide bonds. The Balaban J connectivity index is 1.35. The van der Waals surface area contributed by atoms with Gasteiger partial charge in [-0.25, -0.2) is 0 Å². The number of piperazine rings is 1. The van der Waals surface area contributed by atoms with E-state index < -0.39 is 0 Å². The lowest BCUT2D eigenvalue weighted by molar-refractivity contribution is -1.03. The van der Waals surface area contributed by atoms with Gasteiger partial charge in [-0.15, -0.1) is 0 Å². The zero-order valence-corrected chi connectivity index (χ0v) is 18.8. The maximum absolute atomic E-state index is 5.62. The average Bonchev–Trinajstić information content (AvgIpc) is 3.53. The second-order valence-corrected chi connectivity index (χ2v) is 8.81. The zero-order chi connectivity index (χ0) is 20.5. The molecule has 8 heteroatoms. The molecule has 1 aromatic heterocycles. The maximum Gasteiger partial charge on any atom is 0.202 e. The van der Waals surface area contributed by atoms with Crippen molar-refractivity contribution in [1.82, 2.24) is 14.3 Å². The van der Waals surface area contributed by atoms with Crippen molar-refractivity contribution in [3.63, 3.8) is 0 Å². The van der Waals surface area contributed by atoms with Crippen molar-refractivity contribution in [2.45, 2.75) is 38.9 Å². The molecule has 0 radical (unpaired) electrons. The largest absolute Gasteiger partial charge is 0.493 e. The summed E-state index contributed by atoms with van der Waals surface area (Å²) in [5, 5.41) is 4.82. The number of ether oxygens (including phenoxy) is 2. The second-order valence-electron chi connectivity index (χ2n) is 8.44. The highest BCUT2D eigenvalue weighted by molar-refractivity contribution is 7.71. The number of rotatable bonds is 7. The van der Waals surface area contributed by atoms with Crippen molar-refractivity contribution < 1.29 is 19.3 Å². The number of nitrogens with one attached hydrogen (secondary N) is 2. The third kappa shape index (κ3) is 4.34. The van der Waals surface area contributed by atoms with Crippen LogP contribution in [0.4, 0.5) is 0 Å². The summed E-state index contributed by atoms with van der Waals surface area (Å²) in [5.74, 6) is 3.41. The van der Waals surface area contributed by atoms with Crippen LogP contribution in [0, 0.1) is 11.7 Å². The fraction of sp³-hybridized carbons (Fsp3) is 0.619. The molecule has 2 heterocycles. The summed E-state index contributed by atoms with van der Waals surface area (Å²) >= 11 is 5.62. The number of hydrogen-bond acceptors (Lipinski definition) is 4. The fourth-order valence-corrected chi connectivity index (χ4v) is 4.49. The molecule has 1 saturated carbocycles. The van der Waals surface area contributed by atoms with Crippen molar-refractivity contribution in [2.75, 3.05) is 40.4 Å². The summed E-state index contributed by atoms with van der Waals surface area (Å²) in [7, 11) is 5.44. The standard InChI is InChI=1S/C21H31N5O2S/c1-15-11-18(27-3)19(28-4)12-17(15)13-24-7-9-25(10-8-24)14-26-21(29)23(2)20(22-26)16-5-6-16/h11-12,16H,5-10,13-14H2,1-4H3/p+2. The van der Waals surface area contributed by atoms with Gasteiger partial charge in [0.15, 0.2) is 18.2 Å². The topological polar surface area (TPSA) is 50.1 Å². The second kappa shape index (κ2) is 8.45. The molecule has 1 aliphatic carbocycles. The minimum Gasteiger partial charge on any atom is -0.493 e. The molecule has 2 fully saturated rings. The Morgan fingerprint density at radius 1 is 1.07 bits per heavy atom. The molecule has 1 aliphatic heterocycles. The van der Waals surface area contributed by atoms with E-state index in [1.54, 1.807) is 24.0 Å². The molecule has 0 bridgehead atoms. The molecule has 4 rings (SSSR count). The number of nitrogens with zero attached hydrogens (tertiary/aromatic N) is 3.